The number of alkyl halides is 1. The number of ether oxygens (including phenoxy) is 3. The molecule has 0 rings (SSSR count). The van der Waals surface area contributed by atoms with Crippen LogP contribution in [-0.4, -0.2) is 60.4 Å². The lowest BCUT2D eigenvalue weighted by Gasteiger charge is -2.16. The number of hydrogen-bond acceptors (Lipinski definition) is 4. The van der Waals surface area contributed by atoms with Crippen molar-refractivity contribution in [2.45, 2.75) is 45.3 Å². The van der Waals surface area contributed by atoms with Gasteiger partial charge in [0, 0.05) is 12.5 Å². The average molecular weight is 341 g/mol. The molecule has 0 saturated carbocycles. The molecule has 6 heteroatoms. The summed E-state index contributed by atoms with van der Waals surface area (Å²) in [6.07, 6.45) is 4.60. The minimum atomic E-state index is -1.40. The summed E-state index contributed by atoms with van der Waals surface area (Å²) in [4.78, 5) is 0. The van der Waals surface area contributed by atoms with Crippen molar-refractivity contribution in [1.29, 1.82) is 0 Å². The second-order valence-electron chi connectivity index (χ2n) is 5.90. The van der Waals surface area contributed by atoms with Crippen molar-refractivity contribution in [1.82, 2.24) is 0 Å². The zero-order chi connectivity index (χ0) is 15.8. The van der Waals surface area contributed by atoms with E-state index in [4.69, 9.17) is 30.2 Å². The van der Waals surface area contributed by atoms with E-state index < -0.39 is 8.32 Å². The Morgan fingerprint density at radius 1 is 0.619 bits per heavy atom. The molecule has 0 fully saturated rings. The lowest BCUT2D eigenvalue weighted by atomic mass is 10.2. The van der Waals surface area contributed by atoms with E-state index in [-0.39, 0.29) is 0 Å². The fourth-order valence-electron chi connectivity index (χ4n) is 1.60. The first-order valence-corrected chi connectivity index (χ1v) is 11.9. The van der Waals surface area contributed by atoms with Gasteiger partial charge in [-0.25, -0.2) is 0 Å². The summed E-state index contributed by atoms with van der Waals surface area (Å²) in [5, 5.41) is 0. The first-order chi connectivity index (χ1) is 10.1. The molecule has 128 valence electrons. The van der Waals surface area contributed by atoms with Crippen molar-refractivity contribution in [2.75, 3.05) is 52.1 Å². The van der Waals surface area contributed by atoms with Gasteiger partial charge in [0.2, 0.25) is 0 Å². The van der Waals surface area contributed by atoms with Crippen LogP contribution in [-0.2, 0) is 18.6 Å². The second-order valence-corrected chi connectivity index (χ2v) is 10.8. The molecule has 0 aliphatic heterocycles. The maximum absolute atomic E-state index is 5.68. The highest BCUT2D eigenvalue weighted by Crippen LogP contribution is 2.02. The lowest BCUT2D eigenvalue weighted by molar-refractivity contribution is 0.00835. The predicted octanol–water partition coefficient (Wildman–Crippen LogP) is 3.69. The monoisotopic (exact) mass is 340 g/mol. The molecule has 0 aromatic heterocycles. The molecule has 0 radical (unpaired) electrons. The number of hydrogen-bond donors (Lipinski definition) is 0. The van der Waals surface area contributed by atoms with Gasteiger partial charge in [0.15, 0.2) is 8.32 Å². The molecule has 0 aliphatic rings. The summed E-state index contributed by atoms with van der Waals surface area (Å²) < 4.78 is 22.0. The van der Waals surface area contributed by atoms with Crippen molar-refractivity contribution in [3.05, 3.63) is 0 Å². The summed E-state index contributed by atoms with van der Waals surface area (Å²) in [5.41, 5.74) is 0. The van der Waals surface area contributed by atoms with Crippen molar-refractivity contribution < 1.29 is 18.6 Å². The largest absolute Gasteiger partial charge is 0.415 e. The number of halogens is 1. The normalized spacial score (nSPS) is 12.0. The van der Waals surface area contributed by atoms with Crippen LogP contribution >= 0.6 is 11.6 Å². The van der Waals surface area contributed by atoms with E-state index in [9.17, 15) is 0 Å². The van der Waals surface area contributed by atoms with Gasteiger partial charge in [-0.05, 0) is 32.5 Å². The summed E-state index contributed by atoms with van der Waals surface area (Å²) in [7, 11) is -1.40. The highest BCUT2D eigenvalue weighted by Gasteiger charge is 2.12. The van der Waals surface area contributed by atoms with Gasteiger partial charge in [-0.3, -0.25) is 0 Å². The minimum Gasteiger partial charge on any atom is -0.415 e. The molecule has 0 saturated heterocycles. The Kier molecular flexibility index (Phi) is 15.5. The van der Waals surface area contributed by atoms with Crippen LogP contribution in [0.25, 0.3) is 0 Å². The van der Waals surface area contributed by atoms with Crippen LogP contribution in [0.3, 0.4) is 0 Å². The minimum absolute atomic E-state index is 0.617. The Balaban J connectivity index is 3.00. The summed E-state index contributed by atoms with van der Waals surface area (Å²) >= 11 is 5.61. The van der Waals surface area contributed by atoms with Gasteiger partial charge in [-0.1, -0.05) is 12.8 Å². The molecule has 0 aromatic carbocycles. The Morgan fingerprint density at radius 2 is 1.10 bits per heavy atom. The molecular formula is C15H33ClO4Si. The third-order valence-corrected chi connectivity index (χ3v) is 4.02. The summed E-state index contributed by atoms with van der Waals surface area (Å²) in [6, 6.07) is 0. The Hall–Kier alpha value is 0.347. The fraction of sp³-hybridized carbons (Fsp3) is 1.00. The van der Waals surface area contributed by atoms with Crippen LogP contribution in [0.5, 0.6) is 0 Å². The van der Waals surface area contributed by atoms with Crippen LogP contribution < -0.4 is 0 Å². The van der Waals surface area contributed by atoms with Crippen LogP contribution in [0.4, 0.5) is 0 Å². The Morgan fingerprint density at radius 3 is 1.62 bits per heavy atom. The van der Waals surface area contributed by atoms with Gasteiger partial charge in [0.1, 0.15) is 0 Å². The fourth-order valence-corrected chi connectivity index (χ4v) is 2.49. The molecule has 21 heavy (non-hydrogen) atoms. The molecule has 0 unspecified atom stereocenters. The molecule has 0 aromatic rings. The van der Waals surface area contributed by atoms with Crippen LogP contribution in [0.2, 0.25) is 19.6 Å². The van der Waals surface area contributed by atoms with Crippen LogP contribution in [0.1, 0.15) is 25.7 Å². The smallest absolute Gasteiger partial charge is 0.183 e. The molecule has 0 amide bonds. The lowest BCUT2D eigenvalue weighted by Crippen LogP contribution is -2.27. The van der Waals surface area contributed by atoms with Crippen molar-refractivity contribution in [2.24, 2.45) is 0 Å². The zero-order valence-electron chi connectivity index (χ0n) is 14.0. The van der Waals surface area contributed by atoms with E-state index in [1.54, 1.807) is 0 Å². The van der Waals surface area contributed by atoms with E-state index in [0.717, 1.165) is 25.3 Å². The van der Waals surface area contributed by atoms with Crippen LogP contribution in [0, 0.1) is 0 Å². The number of unbranched alkanes of at least 4 members (excludes halogenated alkanes) is 3. The van der Waals surface area contributed by atoms with Gasteiger partial charge in [0.05, 0.1) is 39.6 Å². The van der Waals surface area contributed by atoms with Gasteiger partial charge >= 0.3 is 0 Å². The predicted molar refractivity (Wildman–Crippen MR) is 90.9 cm³/mol. The van der Waals surface area contributed by atoms with Gasteiger partial charge in [-0.15, -0.1) is 11.6 Å². The Labute approximate surface area is 136 Å². The van der Waals surface area contributed by atoms with Gasteiger partial charge in [0.25, 0.3) is 0 Å². The first-order valence-electron chi connectivity index (χ1n) is 7.99. The summed E-state index contributed by atoms with van der Waals surface area (Å²) in [5.74, 6) is 0.765. The quantitative estimate of drug-likeness (QED) is 0.244. The van der Waals surface area contributed by atoms with Gasteiger partial charge in [-0.2, -0.15) is 0 Å². The van der Waals surface area contributed by atoms with E-state index >= 15 is 0 Å². The molecule has 0 heterocycles. The van der Waals surface area contributed by atoms with Crippen LogP contribution in [0.15, 0.2) is 0 Å². The standard InChI is InChI=1S/C15H33ClO4Si/c1-21(2,3)20-15-14-19-13-12-18-11-10-17-9-7-5-4-6-8-16/h4-15H2,1-3H3. The maximum atomic E-state index is 5.68. The van der Waals surface area contributed by atoms with Crippen molar-refractivity contribution >= 4 is 19.9 Å². The SMILES string of the molecule is C[Si](C)(C)OCCOCCOCCOCCCCCCCl. The third-order valence-electron chi connectivity index (χ3n) is 2.68. The van der Waals surface area contributed by atoms with E-state index in [1.807, 2.05) is 0 Å². The maximum Gasteiger partial charge on any atom is 0.183 e. The second kappa shape index (κ2) is 15.3. The van der Waals surface area contributed by atoms with E-state index in [2.05, 4.69) is 19.6 Å². The zero-order valence-corrected chi connectivity index (χ0v) is 15.8. The molecule has 0 spiro atoms. The van der Waals surface area contributed by atoms with Gasteiger partial charge < -0.3 is 18.6 Å². The first kappa shape index (κ1) is 21.3. The molecule has 0 N–H and O–H groups in total. The molecule has 0 atom stereocenters. The Bertz CT molecular complexity index is 212. The molecular weight excluding hydrogens is 308 g/mol. The van der Waals surface area contributed by atoms with E-state index in [0.29, 0.717) is 39.6 Å². The molecule has 4 nitrogen and oxygen atoms in total. The molecule has 0 bridgehead atoms. The summed E-state index contributed by atoms with van der Waals surface area (Å²) in [6.45, 7) is 11.2. The highest BCUT2D eigenvalue weighted by atomic mass is 35.5. The highest BCUT2D eigenvalue weighted by molar-refractivity contribution is 6.69. The third kappa shape index (κ3) is 20.3. The average Bonchev–Trinajstić information content (AvgIpc) is 2.42. The van der Waals surface area contributed by atoms with Crippen molar-refractivity contribution in [3.8, 4) is 0 Å². The van der Waals surface area contributed by atoms with Crippen molar-refractivity contribution in [3.63, 3.8) is 0 Å². The molecule has 0 aliphatic carbocycles. The topological polar surface area (TPSA) is 36.9 Å². The van der Waals surface area contributed by atoms with E-state index in [1.165, 1.54) is 12.8 Å². The number of rotatable bonds is 16.